The first-order chi connectivity index (χ1) is 9.15. The van der Waals surface area contributed by atoms with Gasteiger partial charge in [-0.2, -0.15) is 0 Å². The van der Waals surface area contributed by atoms with Crippen LogP contribution in [-0.2, 0) is 6.54 Å². The maximum Gasteiger partial charge on any atom is 0.272 e. The molecule has 5 heteroatoms. The van der Waals surface area contributed by atoms with Gasteiger partial charge in [0.05, 0.1) is 4.92 Å². The fraction of sp³-hybridized carbons (Fsp3) is 0.571. The van der Waals surface area contributed by atoms with Crippen LogP contribution in [0.2, 0.25) is 0 Å². The second-order valence-corrected chi connectivity index (χ2v) is 4.69. The molecule has 0 atom stereocenters. The van der Waals surface area contributed by atoms with Crippen LogP contribution >= 0.6 is 0 Å². The van der Waals surface area contributed by atoms with Gasteiger partial charge in [-0.3, -0.25) is 10.1 Å². The number of nitro groups is 1. The molecule has 106 valence electrons. The molecule has 2 N–H and O–H groups in total. The Morgan fingerprint density at radius 2 is 2.00 bits per heavy atom. The van der Waals surface area contributed by atoms with E-state index in [1.165, 1.54) is 0 Å². The molecule has 0 amide bonds. The molecule has 1 rings (SSSR count). The first-order valence-corrected chi connectivity index (χ1v) is 6.70. The number of hydrogen-bond acceptors (Lipinski definition) is 4. The van der Waals surface area contributed by atoms with Crippen LogP contribution in [0, 0.1) is 17.0 Å². The number of nitro benzene ring substituents is 1. The summed E-state index contributed by atoms with van der Waals surface area (Å²) >= 11 is 0. The van der Waals surface area contributed by atoms with E-state index in [0.717, 1.165) is 37.8 Å². The minimum absolute atomic E-state index is 0.183. The molecule has 1 aromatic carbocycles. The molecule has 0 fully saturated rings. The summed E-state index contributed by atoms with van der Waals surface area (Å²) < 4.78 is 0. The van der Waals surface area contributed by atoms with Crippen LogP contribution in [-0.4, -0.2) is 23.2 Å². The number of nitrogens with zero attached hydrogens (tertiary/aromatic N) is 1. The van der Waals surface area contributed by atoms with Gasteiger partial charge in [0.15, 0.2) is 0 Å². The molecule has 0 aliphatic heterocycles. The van der Waals surface area contributed by atoms with Gasteiger partial charge in [-0.1, -0.05) is 25.0 Å². The van der Waals surface area contributed by atoms with Gasteiger partial charge < -0.3 is 10.4 Å². The van der Waals surface area contributed by atoms with Crippen molar-refractivity contribution in [1.82, 2.24) is 5.32 Å². The van der Waals surface area contributed by atoms with Crippen LogP contribution in [0.1, 0.15) is 36.8 Å². The van der Waals surface area contributed by atoms with Crippen LogP contribution in [0.25, 0.3) is 0 Å². The van der Waals surface area contributed by atoms with Crippen LogP contribution in [0.15, 0.2) is 18.2 Å². The van der Waals surface area contributed by atoms with Crippen LogP contribution in [0.3, 0.4) is 0 Å². The van der Waals surface area contributed by atoms with Crippen LogP contribution in [0.4, 0.5) is 5.69 Å². The zero-order valence-electron chi connectivity index (χ0n) is 11.4. The Labute approximate surface area is 113 Å². The number of aryl methyl sites for hydroxylation is 1. The SMILES string of the molecule is Cc1ccc(CNCCCCCCO)cc1[N+](=O)[O-]. The Morgan fingerprint density at radius 1 is 1.26 bits per heavy atom. The number of aliphatic hydroxyl groups excluding tert-OH is 1. The average molecular weight is 266 g/mol. The van der Waals surface area contributed by atoms with Gasteiger partial charge >= 0.3 is 0 Å². The molecule has 0 aromatic heterocycles. The number of hydrogen-bond donors (Lipinski definition) is 2. The third-order valence-electron chi connectivity index (χ3n) is 3.06. The number of benzene rings is 1. The lowest BCUT2D eigenvalue weighted by molar-refractivity contribution is -0.385. The van der Waals surface area contributed by atoms with Crippen molar-refractivity contribution < 1.29 is 10.0 Å². The smallest absolute Gasteiger partial charge is 0.272 e. The third kappa shape index (κ3) is 5.81. The molecule has 0 spiro atoms. The summed E-state index contributed by atoms with van der Waals surface area (Å²) in [5, 5.41) is 22.7. The van der Waals surface area contributed by atoms with Gasteiger partial charge in [-0.15, -0.1) is 0 Å². The number of aliphatic hydroxyl groups is 1. The molecular formula is C14H22N2O3. The highest BCUT2D eigenvalue weighted by atomic mass is 16.6. The molecule has 0 saturated heterocycles. The fourth-order valence-electron chi connectivity index (χ4n) is 1.91. The monoisotopic (exact) mass is 266 g/mol. The molecule has 0 saturated carbocycles. The molecule has 0 radical (unpaired) electrons. The summed E-state index contributed by atoms with van der Waals surface area (Å²) in [6.07, 6.45) is 4.08. The van der Waals surface area contributed by atoms with E-state index in [2.05, 4.69) is 5.32 Å². The zero-order chi connectivity index (χ0) is 14.1. The van der Waals surface area contributed by atoms with E-state index in [1.54, 1.807) is 19.1 Å². The largest absolute Gasteiger partial charge is 0.396 e. The first-order valence-electron chi connectivity index (χ1n) is 6.70. The lowest BCUT2D eigenvalue weighted by Gasteiger charge is -2.06. The summed E-state index contributed by atoms with van der Waals surface area (Å²) in [6, 6.07) is 5.34. The van der Waals surface area contributed by atoms with Gasteiger partial charge in [0, 0.05) is 24.8 Å². The quantitative estimate of drug-likeness (QED) is 0.409. The minimum Gasteiger partial charge on any atom is -0.396 e. The second kappa shape index (κ2) is 8.61. The first kappa shape index (κ1) is 15.6. The van der Waals surface area contributed by atoms with E-state index in [9.17, 15) is 10.1 Å². The maximum atomic E-state index is 10.8. The van der Waals surface area contributed by atoms with E-state index in [4.69, 9.17) is 5.11 Å². The molecule has 5 nitrogen and oxygen atoms in total. The summed E-state index contributed by atoms with van der Waals surface area (Å²) in [5.74, 6) is 0. The molecule has 0 heterocycles. The lowest BCUT2D eigenvalue weighted by atomic mass is 10.1. The molecule has 19 heavy (non-hydrogen) atoms. The summed E-state index contributed by atoms with van der Waals surface area (Å²) in [4.78, 5) is 10.5. The van der Waals surface area contributed by atoms with Crippen molar-refractivity contribution in [3.8, 4) is 0 Å². The molecule has 0 unspecified atom stereocenters. The maximum absolute atomic E-state index is 10.8. The molecule has 0 bridgehead atoms. The van der Waals surface area contributed by atoms with E-state index < -0.39 is 0 Å². The van der Waals surface area contributed by atoms with Crippen molar-refractivity contribution in [2.75, 3.05) is 13.2 Å². The highest BCUT2D eigenvalue weighted by molar-refractivity contribution is 5.42. The summed E-state index contributed by atoms with van der Waals surface area (Å²) in [6.45, 7) is 3.56. The molecule has 0 aliphatic rings. The van der Waals surface area contributed by atoms with E-state index in [0.29, 0.717) is 12.1 Å². The molecule has 1 aromatic rings. The van der Waals surface area contributed by atoms with Crippen molar-refractivity contribution in [1.29, 1.82) is 0 Å². The Kier molecular flexibility index (Phi) is 7.07. The van der Waals surface area contributed by atoms with Crippen LogP contribution < -0.4 is 5.32 Å². The second-order valence-electron chi connectivity index (χ2n) is 4.69. The Bertz CT molecular complexity index is 408. The van der Waals surface area contributed by atoms with Gasteiger partial charge in [0.25, 0.3) is 5.69 Å². The Morgan fingerprint density at radius 3 is 2.68 bits per heavy atom. The van der Waals surface area contributed by atoms with Crippen molar-refractivity contribution in [2.45, 2.75) is 39.2 Å². The Balaban J connectivity index is 2.30. The zero-order valence-corrected chi connectivity index (χ0v) is 11.4. The van der Waals surface area contributed by atoms with E-state index in [-0.39, 0.29) is 17.2 Å². The minimum atomic E-state index is -0.340. The van der Waals surface area contributed by atoms with Gasteiger partial charge in [0.2, 0.25) is 0 Å². The predicted molar refractivity (Wildman–Crippen MR) is 75.1 cm³/mol. The number of nitrogens with one attached hydrogen (secondary N) is 1. The molecular weight excluding hydrogens is 244 g/mol. The number of rotatable bonds is 9. The van der Waals surface area contributed by atoms with E-state index in [1.807, 2.05) is 6.07 Å². The van der Waals surface area contributed by atoms with Crippen molar-refractivity contribution in [2.24, 2.45) is 0 Å². The normalized spacial score (nSPS) is 10.6. The van der Waals surface area contributed by atoms with Crippen molar-refractivity contribution in [3.63, 3.8) is 0 Å². The average Bonchev–Trinajstić information content (AvgIpc) is 2.39. The van der Waals surface area contributed by atoms with Crippen LogP contribution in [0.5, 0.6) is 0 Å². The van der Waals surface area contributed by atoms with Crippen molar-refractivity contribution in [3.05, 3.63) is 39.4 Å². The topological polar surface area (TPSA) is 75.4 Å². The van der Waals surface area contributed by atoms with Crippen molar-refractivity contribution >= 4 is 5.69 Å². The highest BCUT2D eigenvalue weighted by Crippen LogP contribution is 2.19. The fourth-order valence-corrected chi connectivity index (χ4v) is 1.91. The lowest BCUT2D eigenvalue weighted by Crippen LogP contribution is -2.14. The predicted octanol–water partition coefficient (Wildman–Crippen LogP) is 2.55. The van der Waals surface area contributed by atoms with Gasteiger partial charge in [-0.25, -0.2) is 0 Å². The molecule has 0 aliphatic carbocycles. The summed E-state index contributed by atoms with van der Waals surface area (Å²) in [5.41, 5.74) is 1.81. The highest BCUT2D eigenvalue weighted by Gasteiger charge is 2.10. The van der Waals surface area contributed by atoms with E-state index >= 15 is 0 Å². The summed E-state index contributed by atoms with van der Waals surface area (Å²) in [7, 11) is 0. The standard InChI is InChI=1S/C14H22N2O3/c1-12-6-7-13(10-14(12)16(18)19)11-15-8-4-2-3-5-9-17/h6-7,10,15,17H,2-5,8-9,11H2,1H3. The number of unbranched alkanes of at least 4 members (excludes halogenated alkanes) is 3. The van der Waals surface area contributed by atoms with Gasteiger partial charge in [-0.05, 0) is 31.9 Å². The third-order valence-corrected chi connectivity index (χ3v) is 3.06. The Hall–Kier alpha value is -1.46. The van der Waals surface area contributed by atoms with Gasteiger partial charge in [0.1, 0.15) is 0 Å².